The molecule has 0 amide bonds. The highest BCUT2D eigenvalue weighted by Gasteiger charge is 2.18. The number of rotatable bonds is 4. The third-order valence-corrected chi connectivity index (χ3v) is 5.77. The van der Waals surface area contributed by atoms with Crippen LogP contribution in [0.2, 0.25) is 0 Å². The van der Waals surface area contributed by atoms with Crippen LogP contribution in [0.15, 0.2) is 30.3 Å². The number of aryl methyl sites for hydroxylation is 2. The van der Waals surface area contributed by atoms with Gasteiger partial charge in [-0.2, -0.15) is 0 Å². The number of ether oxygens (including phenoxy) is 1. The first-order valence-electron chi connectivity index (χ1n) is 7.15. The molecule has 1 aromatic carbocycles. The third kappa shape index (κ3) is 3.02. The fraction of sp³-hybridized carbons (Fsp3) is 0.412. The predicted molar refractivity (Wildman–Crippen MR) is 86.3 cm³/mol. The first-order valence-corrected chi connectivity index (χ1v) is 8.40. The number of benzene rings is 1. The molecular formula is C17H19ClOS. The van der Waals surface area contributed by atoms with Crippen LogP contribution in [0.4, 0.5) is 0 Å². The van der Waals surface area contributed by atoms with E-state index in [0.717, 1.165) is 12.2 Å². The van der Waals surface area contributed by atoms with E-state index in [-0.39, 0.29) is 5.38 Å². The Hall–Kier alpha value is -0.990. The van der Waals surface area contributed by atoms with Crippen LogP contribution in [0, 0.1) is 0 Å². The maximum atomic E-state index is 6.61. The Labute approximate surface area is 129 Å². The molecule has 0 saturated carbocycles. The topological polar surface area (TPSA) is 9.23 Å². The van der Waals surface area contributed by atoms with Crippen molar-refractivity contribution in [2.24, 2.45) is 0 Å². The van der Waals surface area contributed by atoms with Gasteiger partial charge in [-0.3, -0.25) is 0 Å². The third-order valence-electron chi connectivity index (χ3n) is 3.90. The van der Waals surface area contributed by atoms with Crippen molar-refractivity contribution < 1.29 is 4.74 Å². The molecule has 3 heteroatoms. The zero-order valence-corrected chi connectivity index (χ0v) is 13.3. The Morgan fingerprint density at radius 2 is 1.95 bits per heavy atom. The van der Waals surface area contributed by atoms with Gasteiger partial charge in [-0.15, -0.1) is 22.9 Å². The highest BCUT2D eigenvalue weighted by atomic mass is 35.5. The van der Waals surface area contributed by atoms with Gasteiger partial charge in [0.15, 0.2) is 0 Å². The number of methoxy groups -OCH3 is 1. The van der Waals surface area contributed by atoms with Gasteiger partial charge in [0, 0.05) is 9.75 Å². The van der Waals surface area contributed by atoms with Crippen LogP contribution >= 0.6 is 22.9 Å². The Bertz CT molecular complexity index is 550. The van der Waals surface area contributed by atoms with Crippen LogP contribution in [0.25, 0.3) is 0 Å². The minimum Gasteiger partial charge on any atom is -0.497 e. The normalized spacial score (nSPS) is 15.7. The summed E-state index contributed by atoms with van der Waals surface area (Å²) in [5.74, 6) is 0.895. The molecule has 1 aliphatic carbocycles. The zero-order valence-electron chi connectivity index (χ0n) is 11.7. The van der Waals surface area contributed by atoms with Gasteiger partial charge in [0.05, 0.1) is 12.5 Å². The number of fused-ring (bicyclic) bond motifs is 1. The van der Waals surface area contributed by atoms with E-state index in [2.05, 4.69) is 18.2 Å². The Morgan fingerprint density at radius 3 is 2.65 bits per heavy atom. The summed E-state index contributed by atoms with van der Waals surface area (Å²) in [5.41, 5.74) is 2.80. The summed E-state index contributed by atoms with van der Waals surface area (Å²) < 4.78 is 5.18. The largest absolute Gasteiger partial charge is 0.497 e. The Balaban J connectivity index is 1.71. The second kappa shape index (κ2) is 6.19. The number of halogens is 1. The van der Waals surface area contributed by atoms with Crippen molar-refractivity contribution in [3.8, 4) is 5.75 Å². The van der Waals surface area contributed by atoms with Crippen LogP contribution in [-0.4, -0.2) is 7.11 Å². The molecule has 1 nitrogen and oxygen atoms in total. The molecule has 106 valence electrons. The standard InChI is InChI=1S/C17H19ClOS/c1-19-14-8-6-12(7-9-14)10-15(18)17-11-13-4-2-3-5-16(13)20-17/h6-9,11,15H,2-5,10H2,1H3. The molecule has 0 saturated heterocycles. The van der Waals surface area contributed by atoms with Gasteiger partial charge in [0.2, 0.25) is 0 Å². The van der Waals surface area contributed by atoms with Crippen LogP contribution in [0.1, 0.15) is 39.1 Å². The average Bonchev–Trinajstić information content (AvgIpc) is 2.92. The van der Waals surface area contributed by atoms with E-state index in [1.807, 2.05) is 23.5 Å². The summed E-state index contributed by atoms with van der Waals surface area (Å²) in [5, 5.41) is 0.0824. The summed E-state index contributed by atoms with van der Waals surface area (Å²) >= 11 is 8.53. The molecule has 1 atom stereocenters. The molecule has 0 bridgehead atoms. The maximum Gasteiger partial charge on any atom is 0.118 e. The van der Waals surface area contributed by atoms with Crippen molar-refractivity contribution in [1.29, 1.82) is 0 Å². The maximum absolute atomic E-state index is 6.61. The molecule has 20 heavy (non-hydrogen) atoms. The highest BCUT2D eigenvalue weighted by Crippen LogP contribution is 2.36. The summed E-state index contributed by atoms with van der Waals surface area (Å²) in [6.45, 7) is 0. The molecule has 1 heterocycles. The van der Waals surface area contributed by atoms with Gasteiger partial charge in [0.25, 0.3) is 0 Å². The van der Waals surface area contributed by atoms with Gasteiger partial charge in [-0.1, -0.05) is 12.1 Å². The van der Waals surface area contributed by atoms with Gasteiger partial charge in [-0.25, -0.2) is 0 Å². The SMILES string of the molecule is COc1ccc(CC(Cl)c2cc3c(s2)CCCC3)cc1. The van der Waals surface area contributed by atoms with Crippen molar-refractivity contribution in [2.75, 3.05) is 7.11 Å². The van der Waals surface area contributed by atoms with E-state index < -0.39 is 0 Å². The van der Waals surface area contributed by atoms with E-state index in [1.165, 1.54) is 41.7 Å². The average molecular weight is 307 g/mol. The number of alkyl halides is 1. The van der Waals surface area contributed by atoms with Crippen molar-refractivity contribution in [2.45, 2.75) is 37.5 Å². The van der Waals surface area contributed by atoms with E-state index in [1.54, 1.807) is 12.0 Å². The van der Waals surface area contributed by atoms with Gasteiger partial charge < -0.3 is 4.74 Å². The summed E-state index contributed by atoms with van der Waals surface area (Å²) in [4.78, 5) is 2.89. The molecule has 1 unspecified atom stereocenters. The molecule has 0 N–H and O–H groups in total. The van der Waals surface area contributed by atoms with Crippen molar-refractivity contribution in [3.05, 3.63) is 51.2 Å². The lowest BCUT2D eigenvalue weighted by Gasteiger charge is -2.08. The number of hydrogen-bond donors (Lipinski definition) is 0. The summed E-state index contributed by atoms with van der Waals surface area (Å²) in [7, 11) is 1.69. The quantitative estimate of drug-likeness (QED) is 0.709. The van der Waals surface area contributed by atoms with E-state index in [0.29, 0.717) is 0 Å². The van der Waals surface area contributed by atoms with E-state index in [4.69, 9.17) is 16.3 Å². The Kier molecular flexibility index (Phi) is 4.32. The monoisotopic (exact) mass is 306 g/mol. The molecule has 0 spiro atoms. The molecule has 2 aromatic rings. The highest BCUT2D eigenvalue weighted by molar-refractivity contribution is 7.12. The zero-order chi connectivity index (χ0) is 13.9. The van der Waals surface area contributed by atoms with Crippen molar-refractivity contribution in [3.63, 3.8) is 0 Å². The molecule has 3 rings (SSSR count). The van der Waals surface area contributed by atoms with Crippen LogP contribution in [0.3, 0.4) is 0 Å². The first-order chi connectivity index (χ1) is 9.76. The molecule has 1 aliphatic rings. The van der Waals surface area contributed by atoms with Crippen LogP contribution in [-0.2, 0) is 19.3 Å². The fourth-order valence-corrected chi connectivity index (χ4v) is 4.35. The van der Waals surface area contributed by atoms with E-state index >= 15 is 0 Å². The lowest BCUT2D eigenvalue weighted by atomic mass is 9.99. The number of thiophene rings is 1. The minimum atomic E-state index is 0.0824. The molecular weight excluding hydrogens is 288 g/mol. The lowest BCUT2D eigenvalue weighted by molar-refractivity contribution is 0.414. The second-order valence-corrected chi connectivity index (χ2v) is 7.02. The van der Waals surface area contributed by atoms with Gasteiger partial charge in [0.1, 0.15) is 5.75 Å². The summed E-state index contributed by atoms with van der Waals surface area (Å²) in [6.07, 6.45) is 6.02. The molecule has 0 fully saturated rings. The summed E-state index contributed by atoms with van der Waals surface area (Å²) in [6, 6.07) is 10.5. The van der Waals surface area contributed by atoms with Crippen LogP contribution < -0.4 is 4.74 Å². The number of hydrogen-bond acceptors (Lipinski definition) is 2. The van der Waals surface area contributed by atoms with Gasteiger partial charge in [-0.05, 0) is 61.4 Å². The first kappa shape index (κ1) is 14.0. The smallest absolute Gasteiger partial charge is 0.118 e. The second-order valence-electron chi connectivity index (χ2n) is 5.32. The van der Waals surface area contributed by atoms with E-state index in [9.17, 15) is 0 Å². The minimum absolute atomic E-state index is 0.0824. The fourth-order valence-electron chi connectivity index (χ4n) is 2.74. The predicted octanol–water partition coefficient (Wildman–Crippen LogP) is 5.16. The molecule has 0 radical (unpaired) electrons. The van der Waals surface area contributed by atoms with Crippen molar-refractivity contribution >= 4 is 22.9 Å². The van der Waals surface area contributed by atoms with Gasteiger partial charge >= 0.3 is 0 Å². The van der Waals surface area contributed by atoms with Crippen LogP contribution in [0.5, 0.6) is 5.75 Å². The molecule has 1 aromatic heterocycles. The molecule has 0 aliphatic heterocycles. The lowest BCUT2D eigenvalue weighted by Crippen LogP contribution is -1.96. The Morgan fingerprint density at radius 1 is 1.20 bits per heavy atom. The van der Waals surface area contributed by atoms with Crippen molar-refractivity contribution in [1.82, 2.24) is 0 Å².